The van der Waals surface area contributed by atoms with Crippen molar-refractivity contribution in [3.05, 3.63) is 28.8 Å². The molecule has 1 aromatic carbocycles. The first kappa shape index (κ1) is 14.2. The second kappa shape index (κ2) is 6.29. The molecule has 0 aliphatic heterocycles. The highest BCUT2D eigenvalue weighted by Gasteiger charge is 2.23. The molecular formula is C15H21ClN2O. The van der Waals surface area contributed by atoms with Gasteiger partial charge in [-0.2, -0.15) is 0 Å². The van der Waals surface area contributed by atoms with E-state index in [1.807, 2.05) is 0 Å². The number of hydrogen-bond donors (Lipinski definition) is 2. The van der Waals surface area contributed by atoms with Gasteiger partial charge in [0.05, 0.1) is 10.6 Å². The third-order valence-electron chi connectivity index (χ3n) is 3.99. The molecule has 0 heterocycles. The van der Waals surface area contributed by atoms with Gasteiger partial charge in [-0.15, -0.1) is 0 Å². The van der Waals surface area contributed by atoms with Gasteiger partial charge in [-0.1, -0.05) is 36.9 Å². The van der Waals surface area contributed by atoms with E-state index in [9.17, 15) is 4.79 Å². The van der Waals surface area contributed by atoms with Gasteiger partial charge in [0.25, 0.3) is 5.91 Å². The third-order valence-corrected chi connectivity index (χ3v) is 4.30. The molecule has 104 valence electrons. The van der Waals surface area contributed by atoms with Crippen LogP contribution in [0.15, 0.2) is 18.2 Å². The molecular weight excluding hydrogens is 260 g/mol. The normalized spacial score (nSPS) is 18.0. The maximum absolute atomic E-state index is 12.3. The summed E-state index contributed by atoms with van der Waals surface area (Å²) in [7, 11) is 0. The molecule has 1 amide bonds. The van der Waals surface area contributed by atoms with Crippen molar-refractivity contribution in [2.24, 2.45) is 5.92 Å². The second-order valence-corrected chi connectivity index (χ2v) is 5.77. The Morgan fingerprint density at radius 1 is 1.37 bits per heavy atom. The van der Waals surface area contributed by atoms with Crippen molar-refractivity contribution in [3.8, 4) is 0 Å². The maximum atomic E-state index is 12.3. The van der Waals surface area contributed by atoms with Gasteiger partial charge >= 0.3 is 0 Å². The number of carbonyl (C=O) groups excluding carboxylic acids is 1. The minimum Gasteiger partial charge on any atom is -0.398 e. The summed E-state index contributed by atoms with van der Waals surface area (Å²) >= 11 is 6.05. The molecule has 1 unspecified atom stereocenters. The lowest BCUT2D eigenvalue weighted by Gasteiger charge is -2.28. The predicted octanol–water partition coefficient (Wildman–Crippen LogP) is 3.62. The van der Waals surface area contributed by atoms with Crippen LogP contribution in [0, 0.1) is 5.92 Å². The van der Waals surface area contributed by atoms with E-state index in [1.54, 1.807) is 18.2 Å². The third kappa shape index (κ3) is 3.41. The average molecular weight is 281 g/mol. The largest absolute Gasteiger partial charge is 0.398 e. The fourth-order valence-electron chi connectivity index (χ4n) is 2.81. The molecule has 2 rings (SSSR count). The van der Waals surface area contributed by atoms with E-state index in [0.29, 0.717) is 22.2 Å². The highest BCUT2D eigenvalue weighted by atomic mass is 35.5. The summed E-state index contributed by atoms with van der Waals surface area (Å²) in [6, 6.07) is 5.31. The van der Waals surface area contributed by atoms with E-state index in [0.717, 1.165) is 0 Å². The Balaban J connectivity index is 2.04. The van der Waals surface area contributed by atoms with Crippen LogP contribution in [0.2, 0.25) is 5.02 Å². The van der Waals surface area contributed by atoms with Crippen LogP contribution in [0.25, 0.3) is 0 Å². The van der Waals surface area contributed by atoms with Crippen molar-refractivity contribution in [1.29, 1.82) is 0 Å². The number of anilines is 1. The molecule has 1 atom stereocenters. The van der Waals surface area contributed by atoms with E-state index in [4.69, 9.17) is 17.3 Å². The zero-order chi connectivity index (χ0) is 13.8. The molecule has 0 spiro atoms. The zero-order valence-electron chi connectivity index (χ0n) is 11.3. The summed E-state index contributed by atoms with van der Waals surface area (Å²) in [6.07, 6.45) is 6.23. The summed E-state index contributed by atoms with van der Waals surface area (Å²) in [5, 5.41) is 3.45. The Morgan fingerprint density at radius 2 is 2.05 bits per heavy atom. The van der Waals surface area contributed by atoms with E-state index in [-0.39, 0.29) is 11.9 Å². The number of nitrogens with one attached hydrogen (secondary N) is 1. The van der Waals surface area contributed by atoms with Gasteiger partial charge in [0, 0.05) is 11.7 Å². The highest BCUT2D eigenvalue weighted by molar-refractivity contribution is 6.34. The second-order valence-electron chi connectivity index (χ2n) is 5.36. The average Bonchev–Trinajstić information content (AvgIpc) is 2.39. The first-order valence-electron chi connectivity index (χ1n) is 6.94. The standard InChI is InChI=1S/C15H21ClN2O/c1-10(11-6-3-2-4-7-11)18-15(19)14-12(16)8-5-9-13(14)17/h5,8-11H,2-4,6-7,17H2,1H3,(H,18,19). The number of hydrogen-bond acceptors (Lipinski definition) is 2. The quantitative estimate of drug-likeness (QED) is 0.831. The molecule has 1 aliphatic carbocycles. The Kier molecular flexibility index (Phi) is 4.70. The van der Waals surface area contributed by atoms with Gasteiger partial charge < -0.3 is 11.1 Å². The number of rotatable bonds is 3. The molecule has 1 aromatic rings. The number of nitrogen functional groups attached to an aromatic ring is 1. The Labute approximate surface area is 119 Å². The number of halogens is 1. The molecule has 0 saturated heterocycles. The van der Waals surface area contributed by atoms with E-state index < -0.39 is 0 Å². The first-order valence-corrected chi connectivity index (χ1v) is 7.32. The summed E-state index contributed by atoms with van der Waals surface area (Å²) in [5.74, 6) is 0.405. The molecule has 3 N–H and O–H groups in total. The molecule has 0 bridgehead atoms. The Hall–Kier alpha value is -1.22. The molecule has 1 aliphatic rings. The molecule has 3 nitrogen and oxygen atoms in total. The number of benzene rings is 1. The number of amides is 1. The number of nitrogens with two attached hydrogens (primary N) is 1. The molecule has 0 aromatic heterocycles. The minimum absolute atomic E-state index is 0.166. The van der Waals surface area contributed by atoms with Gasteiger partial charge in [-0.05, 0) is 37.8 Å². The molecule has 4 heteroatoms. The lowest BCUT2D eigenvalue weighted by atomic mass is 9.84. The molecule has 1 saturated carbocycles. The Morgan fingerprint density at radius 3 is 2.68 bits per heavy atom. The minimum atomic E-state index is -0.166. The van der Waals surface area contributed by atoms with Crippen molar-refractivity contribution in [3.63, 3.8) is 0 Å². The SMILES string of the molecule is CC(NC(=O)c1c(N)cccc1Cl)C1CCCCC1. The number of carbonyl (C=O) groups is 1. The maximum Gasteiger partial charge on any atom is 0.255 e. The summed E-state index contributed by atoms with van der Waals surface area (Å²) in [6.45, 7) is 2.07. The van der Waals surface area contributed by atoms with Crippen molar-refractivity contribution in [2.75, 3.05) is 5.73 Å². The van der Waals surface area contributed by atoms with Crippen LogP contribution in [0.5, 0.6) is 0 Å². The van der Waals surface area contributed by atoms with E-state index in [1.165, 1.54) is 32.1 Å². The molecule has 19 heavy (non-hydrogen) atoms. The monoisotopic (exact) mass is 280 g/mol. The fraction of sp³-hybridized carbons (Fsp3) is 0.533. The van der Waals surface area contributed by atoms with Gasteiger partial charge in [0.2, 0.25) is 0 Å². The van der Waals surface area contributed by atoms with Gasteiger partial charge in [-0.25, -0.2) is 0 Å². The van der Waals surface area contributed by atoms with Crippen LogP contribution in [0.1, 0.15) is 49.4 Å². The summed E-state index contributed by atoms with van der Waals surface area (Å²) < 4.78 is 0. The topological polar surface area (TPSA) is 55.1 Å². The van der Waals surface area contributed by atoms with Crippen LogP contribution in [0.3, 0.4) is 0 Å². The zero-order valence-corrected chi connectivity index (χ0v) is 12.0. The van der Waals surface area contributed by atoms with Gasteiger partial charge in [0.15, 0.2) is 0 Å². The van der Waals surface area contributed by atoms with Crippen LogP contribution in [-0.4, -0.2) is 11.9 Å². The van der Waals surface area contributed by atoms with Crippen LogP contribution in [-0.2, 0) is 0 Å². The van der Waals surface area contributed by atoms with Crippen LogP contribution in [0.4, 0.5) is 5.69 Å². The van der Waals surface area contributed by atoms with E-state index >= 15 is 0 Å². The molecule has 1 fully saturated rings. The highest BCUT2D eigenvalue weighted by Crippen LogP contribution is 2.27. The molecule has 0 radical (unpaired) electrons. The van der Waals surface area contributed by atoms with E-state index in [2.05, 4.69) is 12.2 Å². The lowest BCUT2D eigenvalue weighted by Crippen LogP contribution is -2.39. The van der Waals surface area contributed by atoms with Crippen LogP contribution >= 0.6 is 11.6 Å². The van der Waals surface area contributed by atoms with Crippen molar-refractivity contribution in [2.45, 2.75) is 45.1 Å². The summed E-state index contributed by atoms with van der Waals surface area (Å²) in [4.78, 5) is 12.3. The Bertz CT molecular complexity index is 435. The van der Waals surface area contributed by atoms with Crippen molar-refractivity contribution < 1.29 is 4.79 Å². The van der Waals surface area contributed by atoms with Crippen molar-refractivity contribution in [1.82, 2.24) is 5.32 Å². The van der Waals surface area contributed by atoms with Crippen LogP contribution < -0.4 is 11.1 Å². The fourth-order valence-corrected chi connectivity index (χ4v) is 3.08. The predicted molar refractivity (Wildman–Crippen MR) is 79.4 cm³/mol. The lowest BCUT2D eigenvalue weighted by molar-refractivity contribution is 0.0920. The smallest absolute Gasteiger partial charge is 0.255 e. The first-order chi connectivity index (χ1) is 9.09. The van der Waals surface area contributed by atoms with Gasteiger partial charge in [0.1, 0.15) is 0 Å². The van der Waals surface area contributed by atoms with Gasteiger partial charge in [-0.3, -0.25) is 4.79 Å². The van der Waals surface area contributed by atoms with Crippen molar-refractivity contribution >= 4 is 23.2 Å². The summed E-state index contributed by atoms with van der Waals surface area (Å²) in [5.41, 5.74) is 6.66.